The highest BCUT2D eigenvalue weighted by Crippen LogP contribution is 2.30. The van der Waals surface area contributed by atoms with Crippen LogP contribution < -0.4 is 10.7 Å². The highest BCUT2D eigenvalue weighted by Gasteiger charge is 2.28. The molecule has 0 spiro atoms. The maximum Gasteiger partial charge on any atom is 0.338 e. The van der Waals surface area contributed by atoms with Crippen molar-refractivity contribution in [3.63, 3.8) is 0 Å². The topological polar surface area (TPSA) is 110 Å². The minimum absolute atomic E-state index is 0.198. The molecule has 1 aliphatic carbocycles. The summed E-state index contributed by atoms with van der Waals surface area (Å²) in [5.41, 5.74) is 7.21. The Hall–Kier alpha value is -4.20. The van der Waals surface area contributed by atoms with Crippen molar-refractivity contribution < 1.29 is 23.5 Å². The molecule has 0 saturated carbocycles. The fourth-order valence-corrected chi connectivity index (χ4v) is 4.06. The normalized spacial score (nSPS) is 13.7. The van der Waals surface area contributed by atoms with E-state index in [-0.39, 0.29) is 11.7 Å². The lowest BCUT2D eigenvalue weighted by atomic mass is 9.93. The van der Waals surface area contributed by atoms with E-state index in [9.17, 15) is 14.4 Å². The summed E-state index contributed by atoms with van der Waals surface area (Å²) in [6.45, 7) is 5.77. The van der Waals surface area contributed by atoms with E-state index in [1.165, 1.54) is 0 Å². The van der Waals surface area contributed by atoms with E-state index in [0.717, 1.165) is 17.5 Å². The van der Waals surface area contributed by atoms with Gasteiger partial charge in [-0.25, -0.2) is 10.2 Å². The number of esters is 1. The number of ether oxygens (including phenoxy) is 1. The molecule has 0 fully saturated rings. The van der Waals surface area contributed by atoms with Crippen LogP contribution in [-0.2, 0) is 11.2 Å². The Labute approximate surface area is 203 Å². The van der Waals surface area contributed by atoms with Gasteiger partial charge in [0.15, 0.2) is 5.76 Å². The molecule has 0 bridgehead atoms. The highest BCUT2D eigenvalue weighted by molar-refractivity contribution is 6.09. The lowest BCUT2D eigenvalue weighted by molar-refractivity contribution is 0.0526. The fourth-order valence-electron chi connectivity index (χ4n) is 4.06. The number of hydrogen-bond acceptors (Lipinski definition) is 6. The Morgan fingerprint density at radius 2 is 1.77 bits per heavy atom. The van der Waals surface area contributed by atoms with Crippen LogP contribution in [0.5, 0.6) is 0 Å². The molecule has 180 valence electrons. The first-order valence-corrected chi connectivity index (χ1v) is 11.5. The van der Waals surface area contributed by atoms with Gasteiger partial charge >= 0.3 is 5.97 Å². The Morgan fingerprint density at radius 1 is 1.00 bits per heavy atom. The quantitative estimate of drug-likeness (QED) is 0.395. The van der Waals surface area contributed by atoms with Crippen molar-refractivity contribution in [2.45, 2.75) is 40.0 Å². The van der Waals surface area contributed by atoms with Crippen LogP contribution in [-0.4, -0.2) is 30.1 Å². The average molecular weight is 474 g/mol. The van der Waals surface area contributed by atoms with Crippen LogP contribution in [0.15, 0.2) is 58.0 Å². The van der Waals surface area contributed by atoms with Crippen molar-refractivity contribution in [2.75, 3.05) is 11.9 Å². The highest BCUT2D eigenvalue weighted by atomic mass is 16.5. The molecular weight excluding hydrogens is 446 g/mol. The number of furan rings is 1. The zero-order chi connectivity index (χ0) is 24.9. The third-order valence-electron chi connectivity index (χ3n) is 5.76. The van der Waals surface area contributed by atoms with Gasteiger partial charge in [-0.15, -0.1) is 0 Å². The Morgan fingerprint density at radius 3 is 2.49 bits per heavy atom. The molecular formula is C27H27N3O5. The zero-order valence-electron chi connectivity index (χ0n) is 19.9. The number of hydrazone groups is 1. The van der Waals surface area contributed by atoms with E-state index in [2.05, 4.69) is 15.8 Å². The van der Waals surface area contributed by atoms with Crippen LogP contribution >= 0.6 is 0 Å². The number of benzene rings is 2. The van der Waals surface area contributed by atoms with E-state index < -0.39 is 11.9 Å². The van der Waals surface area contributed by atoms with Crippen LogP contribution in [0.25, 0.3) is 0 Å². The van der Waals surface area contributed by atoms with Crippen molar-refractivity contribution in [3.8, 4) is 0 Å². The van der Waals surface area contributed by atoms with Crippen molar-refractivity contribution in [1.29, 1.82) is 0 Å². The van der Waals surface area contributed by atoms with Gasteiger partial charge in [-0.3, -0.25) is 9.59 Å². The summed E-state index contributed by atoms with van der Waals surface area (Å²) in [6, 6.07) is 13.7. The number of nitrogens with one attached hydrogen (secondary N) is 2. The number of carbonyl (C=O) groups excluding carboxylic acids is 3. The van der Waals surface area contributed by atoms with Gasteiger partial charge in [0.05, 0.1) is 17.9 Å². The maximum absolute atomic E-state index is 13.0. The Balaban J connectivity index is 1.51. The van der Waals surface area contributed by atoms with Crippen LogP contribution in [0.1, 0.15) is 73.5 Å². The van der Waals surface area contributed by atoms with Gasteiger partial charge in [0.2, 0.25) is 0 Å². The standard InChI is InChI=1S/C27H27N3O5/c1-4-34-27(33)18-11-13-20(14-12-18)28-26(32)24-17(3)23-21(9-6-10-22(23)35-24)29-30-25(31)19-8-5-7-16(2)15-19/h5,7-8,11-15H,4,6,9-10H2,1-3H3,(H,28,32)(H,30,31)/b29-21+. The zero-order valence-corrected chi connectivity index (χ0v) is 19.9. The van der Waals surface area contributed by atoms with E-state index in [1.54, 1.807) is 43.3 Å². The van der Waals surface area contributed by atoms with Crippen LogP contribution in [0.2, 0.25) is 0 Å². The molecule has 1 aliphatic rings. The number of amides is 2. The third-order valence-corrected chi connectivity index (χ3v) is 5.76. The summed E-state index contributed by atoms with van der Waals surface area (Å²) < 4.78 is 10.9. The Bertz CT molecular complexity index is 1300. The molecule has 0 aliphatic heterocycles. The number of hydrogen-bond donors (Lipinski definition) is 2. The van der Waals surface area contributed by atoms with Crippen LogP contribution in [0.3, 0.4) is 0 Å². The van der Waals surface area contributed by atoms with E-state index >= 15 is 0 Å². The molecule has 3 aromatic rings. The number of carbonyl (C=O) groups is 3. The second-order valence-electron chi connectivity index (χ2n) is 8.33. The van der Waals surface area contributed by atoms with Gasteiger partial charge in [-0.1, -0.05) is 17.7 Å². The molecule has 8 nitrogen and oxygen atoms in total. The molecule has 8 heteroatoms. The molecule has 4 rings (SSSR count). The van der Waals surface area contributed by atoms with Gasteiger partial charge in [0.25, 0.3) is 11.8 Å². The molecule has 2 N–H and O–H groups in total. The molecule has 2 aromatic carbocycles. The van der Waals surface area contributed by atoms with Gasteiger partial charge < -0.3 is 14.5 Å². The molecule has 0 atom stereocenters. The molecule has 1 heterocycles. The average Bonchev–Trinajstić information content (AvgIpc) is 3.20. The summed E-state index contributed by atoms with van der Waals surface area (Å²) in [5.74, 6) is -0.229. The smallest absolute Gasteiger partial charge is 0.338 e. The first-order chi connectivity index (χ1) is 16.9. The minimum atomic E-state index is -0.416. The van der Waals surface area contributed by atoms with Gasteiger partial charge in [-0.2, -0.15) is 5.10 Å². The first kappa shape index (κ1) is 23.9. The number of anilines is 1. The summed E-state index contributed by atoms with van der Waals surface area (Å²) in [5, 5.41) is 7.17. The number of nitrogens with zero attached hydrogens (tertiary/aromatic N) is 1. The molecule has 0 unspecified atom stereocenters. The molecule has 0 radical (unpaired) electrons. The second kappa shape index (κ2) is 10.4. The van der Waals surface area contributed by atoms with E-state index in [0.29, 0.717) is 53.3 Å². The number of rotatable bonds is 6. The summed E-state index contributed by atoms with van der Waals surface area (Å²) in [6.07, 6.45) is 2.15. The number of aryl methyl sites for hydroxylation is 2. The summed E-state index contributed by atoms with van der Waals surface area (Å²) in [4.78, 5) is 37.3. The lowest BCUT2D eigenvalue weighted by Gasteiger charge is -2.13. The van der Waals surface area contributed by atoms with Crippen LogP contribution in [0, 0.1) is 13.8 Å². The maximum atomic E-state index is 13.0. The van der Waals surface area contributed by atoms with Crippen molar-refractivity contribution in [1.82, 2.24) is 5.43 Å². The van der Waals surface area contributed by atoms with E-state index in [1.807, 2.05) is 26.0 Å². The molecule has 1 aromatic heterocycles. The van der Waals surface area contributed by atoms with Gasteiger partial charge in [-0.05, 0) is 70.0 Å². The predicted molar refractivity (Wildman–Crippen MR) is 132 cm³/mol. The number of fused-ring (bicyclic) bond motifs is 1. The predicted octanol–water partition coefficient (Wildman–Crippen LogP) is 4.80. The first-order valence-electron chi connectivity index (χ1n) is 11.5. The SMILES string of the molecule is CCOC(=O)c1ccc(NC(=O)c2oc3c(c2C)/C(=N/NC(=O)c2cccc(C)c2)CCC3)cc1. The van der Waals surface area contributed by atoms with Crippen molar-refractivity contribution >= 4 is 29.2 Å². The lowest BCUT2D eigenvalue weighted by Crippen LogP contribution is -2.22. The second-order valence-corrected chi connectivity index (χ2v) is 8.33. The molecule has 2 amide bonds. The largest absolute Gasteiger partial charge is 0.462 e. The summed E-state index contributed by atoms with van der Waals surface area (Å²) >= 11 is 0. The van der Waals surface area contributed by atoms with Crippen molar-refractivity contribution in [2.24, 2.45) is 5.10 Å². The Kier molecular flexibility index (Phi) is 7.10. The third kappa shape index (κ3) is 5.32. The minimum Gasteiger partial charge on any atom is -0.462 e. The molecule has 35 heavy (non-hydrogen) atoms. The monoisotopic (exact) mass is 473 g/mol. The molecule has 0 saturated heterocycles. The van der Waals surface area contributed by atoms with Crippen molar-refractivity contribution in [3.05, 3.63) is 87.9 Å². The van der Waals surface area contributed by atoms with Gasteiger partial charge in [0.1, 0.15) is 5.76 Å². The van der Waals surface area contributed by atoms with Gasteiger partial charge in [0, 0.05) is 28.8 Å². The van der Waals surface area contributed by atoms with Crippen LogP contribution in [0.4, 0.5) is 5.69 Å². The summed E-state index contributed by atoms with van der Waals surface area (Å²) in [7, 11) is 0. The van der Waals surface area contributed by atoms with E-state index in [4.69, 9.17) is 9.15 Å². The fraction of sp³-hybridized carbons (Fsp3) is 0.259.